The first kappa shape index (κ1) is 25.9. The van der Waals surface area contributed by atoms with Gasteiger partial charge in [-0.3, -0.25) is 9.59 Å². The van der Waals surface area contributed by atoms with Crippen molar-refractivity contribution in [1.29, 1.82) is 0 Å². The Labute approximate surface area is 214 Å². The molecule has 2 aromatic rings. The van der Waals surface area contributed by atoms with Gasteiger partial charge in [0.05, 0.1) is 13.5 Å². The first-order chi connectivity index (χ1) is 17.6. The number of unbranched alkanes of at least 4 members (excludes halogenated alkanes) is 1. The fourth-order valence-electron chi connectivity index (χ4n) is 5.24. The van der Waals surface area contributed by atoms with Gasteiger partial charge in [-0.15, -0.1) is 0 Å². The Morgan fingerprint density at radius 3 is 2.47 bits per heavy atom. The van der Waals surface area contributed by atoms with Crippen LogP contribution in [0.25, 0.3) is 0 Å². The number of nitrogens with zero attached hydrogens (tertiary/aromatic N) is 1. The van der Waals surface area contributed by atoms with Gasteiger partial charge >= 0.3 is 5.97 Å². The fraction of sp³-hybridized carbons (Fsp3) is 0.500. The minimum atomic E-state index is -0.516. The van der Waals surface area contributed by atoms with Crippen LogP contribution in [0.2, 0.25) is 0 Å². The number of methoxy groups -OCH3 is 1. The molecule has 1 atom stereocenters. The Morgan fingerprint density at radius 1 is 0.972 bits per heavy atom. The SMILES string of the molecule is COC(=O)Cc1ccccc1Cc1ccccc1C1=NC(C(=O)NCCCCC2CCCCC2)CO1. The summed E-state index contributed by atoms with van der Waals surface area (Å²) in [6.07, 6.45) is 11.2. The molecule has 36 heavy (non-hydrogen) atoms. The van der Waals surface area contributed by atoms with Gasteiger partial charge < -0.3 is 14.8 Å². The second kappa shape index (κ2) is 13.2. The van der Waals surface area contributed by atoms with Gasteiger partial charge in [-0.2, -0.15) is 0 Å². The average Bonchev–Trinajstić information content (AvgIpc) is 3.41. The van der Waals surface area contributed by atoms with Crippen LogP contribution in [0.1, 0.15) is 73.6 Å². The molecule has 1 fully saturated rings. The summed E-state index contributed by atoms with van der Waals surface area (Å²) in [5.74, 6) is 1.07. The van der Waals surface area contributed by atoms with Gasteiger partial charge in [0.2, 0.25) is 11.8 Å². The molecule has 1 unspecified atom stereocenters. The van der Waals surface area contributed by atoms with E-state index < -0.39 is 6.04 Å². The van der Waals surface area contributed by atoms with E-state index in [1.165, 1.54) is 52.1 Å². The molecular formula is C30H38N2O4. The topological polar surface area (TPSA) is 77.0 Å². The number of hydrogen-bond acceptors (Lipinski definition) is 5. The summed E-state index contributed by atoms with van der Waals surface area (Å²) in [5.41, 5.74) is 3.91. The largest absolute Gasteiger partial charge is 0.475 e. The molecule has 1 heterocycles. The van der Waals surface area contributed by atoms with E-state index in [0.29, 0.717) is 18.9 Å². The van der Waals surface area contributed by atoms with Gasteiger partial charge in [-0.1, -0.05) is 87.4 Å². The lowest BCUT2D eigenvalue weighted by Crippen LogP contribution is -2.34. The zero-order valence-electron chi connectivity index (χ0n) is 21.3. The molecule has 0 saturated heterocycles. The summed E-state index contributed by atoms with van der Waals surface area (Å²) in [6.45, 7) is 0.955. The lowest BCUT2D eigenvalue weighted by molar-refractivity contribution is -0.139. The van der Waals surface area contributed by atoms with Crippen molar-refractivity contribution in [1.82, 2.24) is 5.32 Å². The van der Waals surface area contributed by atoms with Crippen LogP contribution in [-0.4, -0.2) is 44.1 Å². The summed E-state index contributed by atoms with van der Waals surface area (Å²) in [6, 6.07) is 15.3. The van der Waals surface area contributed by atoms with Crippen molar-refractivity contribution in [3.05, 3.63) is 70.8 Å². The maximum atomic E-state index is 12.7. The second-order valence-corrected chi connectivity index (χ2v) is 9.91. The molecule has 1 saturated carbocycles. The van der Waals surface area contributed by atoms with Crippen LogP contribution in [-0.2, 0) is 31.9 Å². The van der Waals surface area contributed by atoms with Crippen LogP contribution in [0.3, 0.4) is 0 Å². The van der Waals surface area contributed by atoms with E-state index in [1.807, 2.05) is 48.5 Å². The highest BCUT2D eigenvalue weighted by Crippen LogP contribution is 2.27. The Kier molecular flexibility index (Phi) is 9.54. The molecule has 1 aliphatic carbocycles. The number of hydrogen-bond donors (Lipinski definition) is 1. The highest BCUT2D eigenvalue weighted by atomic mass is 16.5. The maximum absolute atomic E-state index is 12.7. The van der Waals surface area contributed by atoms with Crippen molar-refractivity contribution < 1.29 is 19.1 Å². The second-order valence-electron chi connectivity index (χ2n) is 9.91. The Balaban J connectivity index is 1.33. The zero-order chi connectivity index (χ0) is 25.2. The number of benzene rings is 2. The van der Waals surface area contributed by atoms with Crippen LogP contribution in [0.15, 0.2) is 53.5 Å². The van der Waals surface area contributed by atoms with E-state index >= 15 is 0 Å². The predicted octanol–water partition coefficient (Wildman–Crippen LogP) is 5.01. The number of carbonyl (C=O) groups is 2. The number of nitrogens with one attached hydrogen (secondary N) is 1. The van der Waals surface area contributed by atoms with Crippen molar-refractivity contribution in [3.8, 4) is 0 Å². The molecule has 1 aliphatic heterocycles. The Hall–Kier alpha value is -3.15. The van der Waals surface area contributed by atoms with Crippen molar-refractivity contribution in [2.24, 2.45) is 10.9 Å². The highest BCUT2D eigenvalue weighted by Gasteiger charge is 2.27. The number of rotatable bonds is 11. The Morgan fingerprint density at radius 2 is 1.69 bits per heavy atom. The number of esters is 1. The molecule has 6 nitrogen and oxygen atoms in total. The van der Waals surface area contributed by atoms with Gasteiger partial charge in [0, 0.05) is 12.1 Å². The fourth-order valence-corrected chi connectivity index (χ4v) is 5.24. The minimum Gasteiger partial charge on any atom is -0.475 e. The lowest BCUT2D eigenvalue weighted by atomic mass is 9.86. The smallest absolute Gasteiger partial charge is 0.309 e. The van der Waals surface area contributed by atoms with E-state index in [-0.39, 0.29) is 24.9 Å². The first-order valence-electron chi connectivity index (χ1n) is 13.3. The van der Waals surface area contributed by atoms with Crippen molar-refractivity contribution in [2.75, 3.05) is 20.3 Å². The minimum absolute atomic E-state index is 0.0661. The van der Waals surface area contributed by atoms with E-state index in [1.54, 1.807) is 0 Å². The van der Waals surface area contributed by atoms with Gasteiger partial charge in [0.25, 0.3) is 0 Å². The predicted molar refractivity (Wildman–Crippen MR) is 141 cm³/mol. The van der Waals surface area contributed by atoms with Gasteiger partial charge in [-0.25, -0.2) is 4.99 Å². The molecular weight excluding hydrogens is 452 g/mol. The summed E-state index contributed by atoms with van der Waals surface area (Å²) in [7, 11) is 1.40. The number of ether oxygens (including phenoxy) is 2. The molecule has 0 spiro atoms. The highest BCUT2D eigenvalue weighted by molar-refractivity contribution is 5.99. The van der Waals surface area contributed by atoms with Gasteiger partial charge in [-0.05, 0) is 41.5 Å². The van der Waals surface area contributed by atoms with Gasteiger partial charge in [0.1, 0.15) is 6.61 Å². The first-order valence-corrected chi connectivity index (χ1v) is 13.3. The summed E-state index contributed by atoms with van der Waals surface area (Å²) in [5, 5.41) is 3.05. The van der Waals surface area contributed by atoms with E-state index in [4.69, 9.17) is 9.47 Å². The van der Waals surface area contributed by atoms with Crippen LogP contribution >= 0.6 is 0 Å². The number of aliphatic imine (C=N–C) groups is 1. The molecule has 6 heteroatoms. The average molecular weight is 491 g/mol. The van der Waals surface area contributed by atoms with E-state index in [9.17, 15) is 9.59 Å². The van der Waals surface area contributed by atoms with Crippen LogP contribution in [0.5, 0.6) is 0 Å². The molecule has 0 radical (unpaired) electrons. The van der Waals surface area contributed by atoms with Crippen molar-refractivity contribution in [2.45, 2.75) is 70.3 Å². The quantitative estimate of drug-likeness (QED) is 0.355. The van der Waals surface area contributed by atoms with Crippen LogP contribution < -0.4 is 5.32 Å². The zero-order valence-corrected chi connectivity index (χ0v) is 21.3. The van der Waals surface area contributed by atoms with Gasteiger partial charge in [0.15, 0.2) is 6.04 Å². The van der Waals surface area contributed by atoms with Crippen LogP contribution in [0.4, 0.5) is 0 Å². The summed E-state index contributed by atoms with van der Waals surface area (Å²) >= 11 is 0. The molecule has 0 aromatic heterocycles. The third kappa shape index (κ3) is 7.19. The molecule has 192 valence electrons. The lowest BCUT2D eigenvalue weighted by Gasteiger charge is -2.21. The van der Waals surface area contributed by atoms with Crippen molar-refractivity contribution >= 4 is 17.8 Å². The van der Waals surface area contributed by atoms with Crippen LogP contribution in [0, 0.1) is 5.92 Å². The molecule has 0 bridgehead atoms. The molecule has 4 rings (SSSR count). The number of amides is 1. The van der Waals surface area contributed by atoms with E-state index in [0.717, 1.165) is 34.6 Å². The normalized spacial score (nSPS) is 17.8. The molecule has 1 N–H and O–H groups in total. The monoisotopic (exact) mass is 490 g/mol. The standard InChI is InChI=1S/C30H38N2O4/c1-35-28(33)20-24-15-6-5-14-23(24)19-25-16-7-8-17-26(25)30-32-27(21-36-30)29(34)31-18-10-9-13-22-11-3-2-4-12-22/h5-8,14-17,22,27H,2-4,9-13,18-21H2,1H3,(H,31,34). The number of carbonyl (C=O) groups excluding carboxylic acids is 2. The summed E-state index contributed by atoms with van der Waals surface area (Å²) in [4.78, 5) is 29.2. The molecule has 2 aromatic carbocycles. The molecule has 2 aliphatic rings. The third-order valence-electron chi connectivity index (χ3n) is 7.33. The summed E-state index contributed by atoms with van der Waals surface area (Å²) < 4.78 is 10.7. The maximum Gasteiger partial charge on any atom is 0.309 e. The van der Waals surface area contributed by atoms with E-state index in [2.05, 4.69) is 10.3 Å². The Bertz CT molecular complexity index is 1060. The third-order valence-corrected chi connectivity index (χ3v) is 7.33. The molecule has 1 amide bonds. The van der Waals surface area contributed by atoms with Crippen molar-refractivity contribution in [3.63, 3.8) is 0 Å².